The van der Waals surface area contributed by atoms with Gasteiger partial charge in [-0.2, -0.15) is 0 Å². The highest BCUT2D eigenvalue weighted by Crippen LogP contribution is 2.41. The maximum Gasteiger partial charge on any atom is 0.227 e. The van der Waals surface area contributed by atoms with Gasteiger partial charge >= 0.3 is 0 Å². The summed E-state index contributed by atoms with van der Waals surface area (Å²) in [4.78, 5) is 29.2. The number of aromatic nitrogens is 2. The highest BCUT2D eigenvalue weighted by molar-refractivity contribution is 7.18. The van der Waals surface area contributed by atoms with Crippen LogP contribution in [0.25, 0.3) is 20.7 Å². The predicted octanol–water partition coefficient (Wildman–Crippen LogP) is 3.80. The first-order valence-electron chi connectivity index (χ1n) is 10.1. The van der Waals surface area contributed by atoms with Crippen LogP contribution in [0.5, 0.6) is 0 Å². The van der Waals surface area contributed by atoms with E-state index in [9.17, 15) is 4.79 Å². The molecule has 0 aliphatic carbocycles. The largest absolute Gasteiger partial charge is 0.378 e. The third-order valence-electron chi connectivity index (χ3n) is 5.71. The normalized spacial score (nSPS) is 20.4. The molecule has 3 aromatic heterocycles. The Kier molecular flexibility index (Phi) is 5.24. The van der Waals surface area contributed by atoms with Crippen LogP contribution in [-0.4, -0.2) is 60.2 Å². The molecule has 0 N–H and O–H groups in total. The second-order valence-electron chi connectivity index (χ2n) is 7.62. The van der Waals surface area contributed by atoms with Crippen molar-refractivity contribution in [3.8, 4) is 10.4 Å². The predicted molar refractivity (Wildman–Crippen MR) is 118 cm³/mol. The van der Waals surface area contributed by atoms with Crippen molar-refractivity contribution >= 4 is 44.6 Å². The first kappa shape index (κ1) is 19.0. The van der Waals surface area contributed by atoms with E-state index in [1.54, 1.807) is 22.7 Å². The molecule has 2 fully saturated rings. The highest BCUT2D eigenvalue weighted by atomic mass is 32.1. The fourth-order valence-electron chi connectivity index (χ4n) is 4.28. The van der Waals surface area contributed by atoms with E-state index >= 15 is 0 Å². The maximum atomic E-state index is 13.1. The molecule has 8 heteroatoms. The van der Waals surface area contributed by atoms with Gasteiger partial charge in [-0.15, -0.1) is 22.7 Å². The summed E-state index contributed by atoms with van der Waals surface area (Å²) in [5.41, 5.74) is 1.21. The molecular weight excluding hydrogens is 404 g/mol. The second-order valence-corrected chi connectivity index (χ2v) is 9.43. The van der Waals surface area contributed by atoms with Crippen molar-refractivity contribution < 1.29 is 9.53 Å². The summed E-state index contributed by atoms with van der Waals surface area (Å²) in [5, 5.41) is 5.42. The zero-order chi connectivity index (χ0) is 19.8. The molecule has 2 aliphatic heterocycles. The van der Waals surface area contributed by atoms with Gasteiger partial charge < -0.3 is 14.5 Å². The van der Waals surface area contributed by atoms with E-state index in [0.29, 0.717) is 26.3 Å². The van der Waals surface area contributed by atoms with Gasteiger partial charge in [0.25, 0.3) is 0 Å². The Morgan fingerprint density at radius 1 is 1.21 bits per heavy atom. The molecule has 0 saturated carbocycles. The Bertz CT molecular complexity index is 1010. The zero-order valence-corrected chi connectivity index (χ0v) is 18.1. The monoisotopic (exact) mass is 428 g/mol. The van der Waals surface area contributed by atoms with Gasteiger partial charge in [-0.3, -0.25) is 4.79 Å². The quantitative estimate of drug-likeness (QED) is 0.635. The SMILES string of the molecule is Cc1nc(N2CCC[C@@H](C(=O)N3CCOCC3)C2)c2c(-c3cccs3)csc2n1. The second kappa shape index (κ2) is 8.01. The Labute approximate surface area is 178 Å². The Morgan fingerprint density at radius 3 is 2.86 bits per heavy atom. The molecule has 1 atom stereocenters. The summed E-state index contributed by atoms with van der Waals surface area (Å²) in [7, 11) is 0. The van der Waals surface area contributed by atoms with Crippen LogP contribution in [0.3, 0.4) is 0 Å². The number of aryl methyl sites for hydroxylation is 1. The molecule has 0 radical (unpaired) electrons. The lowest BCUT2D eigenvalue weighted by molar-refractivity contribution is -0.139. The number of carbonyl (C=O) groups excluding carboxylic acids is 1. The average molecular weight is 429 g/mol. The number of piperidine rings is 1. The van der Waals surface area contributed by atoms with E-state index in [0.717, 1.165) is 47.8 Å². The molecule has 0 bridgehead atoms. The highest BCUT2D eigenvalue weighted by Gasteiger charge is 2.32. The summed E-state index contributed by atoms with van der Waals surface area (Å²) >= 11 is 3.41. The Hall–Kier alpha value is -2.03. The van der Waals surface area contributed by atoms with Crippen LogP contribution in [0, 0.1) is 12.8 Å². The van der Waals surface area contributed by atoms with Gasteiger partial charge in [0, 0.05) is 42.0 Å². The third kappa shape index (κ3) is 3.65. The Morgan fingerprint density at radius 2 is 2.07 bits per heavy atom. The van der Waals surface area contributed by atoms with Crippen molar-refractivity contribution in [2.45, 2.75) is 19.8 Å². The minimum absolute atomic E-state index is 0.0241. The molecule has 5 heterocycles. The lowest BCUT2D eigenvalue weighted by atomic mass is 9.96. The number of hydrogen-bond acceptors (Lipinski definition) is 7. The van der Waals surface area contributed by atoms with Gasteiger partial charge in [0.2, 0.25) is 5.91 Å². The molecular formula is C21H24N4O2S2. The van der Waals surface area contributed by atoms with E-state index in [2.05, 4.69) is 32.8 Å². The van der Waals surface area contributed by atoms with Gasteiger partial charge in [0.15, 0.2) is 0 Å². The van der Waals surface area contributed by atoms with E-state index in [-0.39, 0.29) is 11.8 Å². The molecule has 3 aromatic rings. The number of anilines is 1. The van der Waals surface area contributed by atoms with Crippen molar-refractivity contribution in [2.24, 2.45) is 5.92 Å². The minimum Gasteiger partial charge on any atom is -0.378 e. The standard InChI is InChI=1S/C21H24N4O2S2/c1-14-22-19(18-16(13-29-20(18)23-14)17-5-3-11-28-17)25-6-2-4-15(12-25)21(26)24-7-9-27-10-8-24/h3,5,11,13,15H,2,4,6-10,12H2,1H3/t15-/m1/s1. The van der Waals surface area contributed by atoms with Crippen molar-refractivity contribution in [1.29, 1.82) is 0 Å². The lowest BCUT2D eigenvalue weighted by Crippen LogP contribution is -2.48. The fraction of sp³-hybridized carbons (Fsp3) is 0.476. The minimum atomic E-state index is 0.0241. The van der Waals surface area contributed by atoms with Gasteiger partial charge in [0.1, 0.15) is 16.5 Å². The van der Waals surface area contributed by atoms with E-state index in [1.807, 2.05) is 11.8 Å². The van der Waals surface area contributed by atoms with Gasteiger partial charge in [0.05, 0.1) is 24.5 Å². The molecule has 152 valence electrons. The number of fused-ring (bicyclic) bond motifs is 1. The molecule has 5 rings (SSSR count). The molecule has 1 amide bonds. The maximum absolute atomic E-state index is 13.1. The first-order valence-corrected chi connectivity index (χ1v) is 11.9. The summed E-state index contributed by atoms with van der Waals surface area (Å²) < 4.78 is 5.41. The van der Waals surface area contributed by atoms with Gasteiger partial charge in [-0.05, 0) is 31.2 Å². The number of carbonyl (C=O) groups is 1. The van der Waals surface area contributed by atoms with Crippen LogP contribution in [0.2, 0.25) is 0 Å². The number of thiophene rings is 2. The molecule has 29 heavy (non-hydrogen) atoms. The van der Waals surface area contributed by atoms with E-state index < -0.39 is 0 Å². The number of amides is 1. The van der Waals surface area contributed by atoms with E-state index in [1.165, 1.54) is 10.4 Å². The first-order chi connectivity index (χ1) is 14.2. The number of ether oxygens (including phenoxy) is 1. The number of hydrogen-bond donors (Lipinski definition) is 0. The van der Waals surface area contributed by atoms with Gasteiger partial charge in [-0.1, -0.05) is 6.07 Å². The van der Waals surface area contributed by atoms with Crippen molar-refractivity contribution in [3.63, 3.8) is 0 Å². The van der Waals surface area contributed by atoms with E-state index in [4.69, 9.17) is 9.72 Å². The number of morpholine rings is 1. The topological polar surface area (TPSA) is 58.6 Å². The van der Waals surface area contributed by atoms with Crippen molar-refractivity contribution in [3.05, 3.63) is 28.7 Å². The fourth-order valence-corrected chi connectivity index (χ4v) is 6.08. The van der Waals surface area contributed by atoms with Crippen LogP contribution < -0.4 is 4.90 Å². The summed E-state index contributed by atoms with van der Waals surface area (Å²) in [6, 6.07) is 4.23. The van der Waals surface area contributed by atoms with Crippen LogP contribution in [0.4, 0.5) is 5.82 Å². The number of rotatable bonds is 3. The van der Waals surface area contributed by atoms with Crippen molar-refractivity contribution in [1.82, 2.24) is 14.9 Å². The van der Waals surface area contributed by atoms with Crippen LogP contribution in [0.1, 0.15) is 18.7 Å². The third-order valence-corrected chi connectivity index (χ3v) is 7.48. The lowest BCUT2D eigenvalue weighted by Gasteiger charge is -2.37. The molecule has 0 unspecified atom stereocenters. The molecule has 0 aromatic carbocycles. The van der Waals surface area contributed by atoms with Crippen LogP contribution >= 0.6 is 22.7 Å². The molecule has 6 nitrogen and oxygen atoms in total. The summed E-state index contributed by atoms with van der Waals surface area (Å²) in [6.07, 6.45) is 1.95. The Balaban J connectivity index is 1.48. The number of nitrogens with zero attached hydrogens (tertiary/aromatic N) is 4. The summed E-state index contributed by atoms with van der Waals surface area (Å²) in [5.74, 6) is 2.06. The molecule has 2 saturated heterocycles. The van der Waals surface area contributed by atoms with Crippen LogP contribution in [-0.2, 0) is 9.53 Å². The molecule has 2 aliphatic rings. The molecule has 0 spiro atoms. The van der Waals surface area contributed by atoms with Gasteiger partial charge in [-0.25, -0.2) is 9.97 Å². The summed E-state index contributed by atoms with van der Waals surface area (Å²) in [6.45, 7) is 6.31. The smallest absolute Gasteiger partial charge is 0.227 e. The average Bonchev–Trinajstić information content (AvgIpc) is 3.43. The zero-order valence-electron chi connectivity index (χ0n) is 16.5. The van der Waals surface area contributed by atoms with Crippen LogP contribution in [0.15, 0.2) is 22.9 Å². The van der Waals surface area contributed by atoms with Crippen molar-refractivity contribution in [2.75, 3.05) is 44.3 Å².